The fourth-order valence-electron chi connectivity index (χ4n) is 3.29. The van der Waals surface area contributed by atoms with Crippen molar-refractivity contribution in [3.05, 3.63) is 23.8 Å². The summed E-state index contributed by atoms with van der Waals surface area (Å²) in [6, 6.07) is 4.38. The fourth-order valence-corrected chi connectivity index (χ4v) is 3.29. The number of benzene rings is 1. The molecule has 41 heavy (non-hydrogen) atoms. The lowest BCUT2D eigenvalue weighted by atomic mass is 9.88. The first-order chi connectivity index (χ1) is 19.3. The lowest BCUT2D eigenvalue weighted by Gasteiger charge is -2.27. The van der Waals surface area contributed by atoms with E-state index in [9.17, 15) is 19.2 Å². The van der Waals surface area contributed by atoms with Crippen molar-refractivity contribution in [1.29, 1.82) is 0 Å². The van der Waals surface area contributed by atoms with Gasteiger partial charge in [-0.3, -0.25) is 9.59 Å². The van der Waals surface area contributed by atoms with Crippen LogP contribution >= 0.6 is 0 Å². The zero-order valence-corrected chi connectivity index (χ0v) is 25.7. The Kier molecular flexibility index (Phi) is 15.2. The molecule has 0 bridgehead atoms. The summed E-state index contributed by atoms with van der Waals surface area (Å²) in [6.07, 6.45) is -0.418. The van der Waals surface area contributed by atoms with Gasteiger partial charge < -0.3 is 34.2 Å². The largest absolute Gasteiger partial charge is 0.513 e. The molecule has 4 atom stereocenters. The molecule has 11 heteroatoms. The van der Waals surface area contributed by atoms with Crippen LogP contribution in [0.5, 0.6) is 11.5 Å². The molecule has 0 aliphatic heterocycles. The number of carbonyl (C=O) groups is 4. The maximum atomic E-state index is 12.7. The summed E-state index contributed by atoms with van der Waals surface area (Å²) >= 11 is 0. The molecule has 0 radical (unpaired) electrons. The molecule has 3 unspecified atom stereocenters. The van der Waals surface area contributed by atoms with Crippen LogP contribution in [0.25, 0.3) is 0 Å². The molecule has 0 spiro atoms. The minimum atomic E-state index is -1.57. The lowest BCUT2D eigenvalue weighted by molar-refractivity contribution is -0.153. The smallest absolute Gasteiger partial charge is 0.468 e. The van der Waals surface area contributed by atoms with Gasteiger partial charge in [-0.05, 0) is 35.4 Å². The number of hydrogen-bond donors (Lipinski definition) is 1. The highest BCUT2D eigenvalue weighted by Gasteiger charge is 2.36. The van der Waals surface area contributed by atoms with Gasteiger partial charge in [-0.1, -0.05) is 67.4 Å². The van der Waals surface area contributed by atoms with Crippen molar-refractivity contribution in [2.75, 3.05) is 26.9 Å². The number of esters is 2. The molecular formula is C30H47NO10. The number of nitrogens with two attached hydrogens (primary N) is 1. The zero-order chi connectivity index (χ0) is 31.2. The van der Waals surface area contributed by atoms with Gasteiger partial charge >= 0.3 is 24.2 Å². The molecule has 2 N–H and O–H groups in total. The molecule has 0 amide bonds. The Balaban J connectivity index is 3.17. The second-order valence-corrected chi connectivity index (χ2v) is 10.9. The van der Waals surface area contributed by atoms with Gasteiger partial charge in [-0.2, -0.15) is 0 Å². The quantitative estimate of drug-likeness (QED) is 0.151. The Morgan fingerprint density at radius 2 is 1.37 bits per heavy atom. The standard InChI is InChI=1S/C30H47NO10/c1-9-20(5)17-38-28(34)40-24-12-11-23(15-25(24)41-29(35)39-18-21(6)10-2)16-30(31,27(33)36-8)13-14-37-26(32)22(7)19(3)4/h11-12,15,19-22H,9-10,13-14,16-18,31H2,1-8H3/t20?,21?,22?,30-/m1/s1. The third-order valence-electron chi connectivity index (χ3n) is 7.04. The van der Waals surface area contributed by atoms with Crippen molar-refractivity contribution in [3.63, 3.8) is 0 Å². The summed E-state index contributed by atoms with van der Waals surface area (Å²) < 4.78 is 31.3. The molecule has 0 aliphatic carbocycles. The zero-order valence-electron chi connectivity index (χ0n) is 25.7. The number of carbonyl (C=O) groups excluding carboxylic acids is 4. The van der Waals surface area contributed by atoms with Crippen LogP contribution in [0.3, 0.4) is 0 Å². The van der Waals surface area contributed by atoms with E-state index in [2.05, 4.69) is 0 Å². The Bertz CT molecular complexity index is 1010. The first kappa shape index (κ1) is 35.7. The predicted octanol–water partition coefficient (Wildman–Crippen LogP) is 5.45. The Labute approximate surface area is 243 Å². The summed E-state index contributed by atoms with van der Waals surface area (Å²) in [5, 5.41) is 0. The highest BCUT2D eigenvalue weighted by molar-refractivity contribution is 5.81. The fraction of sp³-hybridized carbons (Fsp3) is 0.667. The van der Waals surface area contributed by atoms with E-state index in [0.29, 0.717) is 5.56 Å². The number of methoxy groups -OCH3 is 1. The minimum Gasteiger partial charge on any atom is -0.468 e. The second kappa shape index (κ2) is 17.5. The van der Waals surface area contributed by atoms with Crippen LogP contribution in [0.2, 0.25) is 0 Å². The van der Waals surface area contributed by atoms with Gasteiger partial charge in [0, 0.05) is 12.8 Å². The van der Waals surface area contributed by atoms with Crippen LogP contribution in [0.15, 0.2) is 18.2 Å². The van der Waals surface area contributed by atoms with Crippen LogP contribution in [0, 0.1) is 23.7 Å². The second-order valence-electron chi connectivity index (χ2n) is 10.9. The number of ether oxygens (including phenoxy) is 6. The minimum absolute atomic E-state index is 0.0242. The maximum absolute atomic E-state index is 12.7. The normalized spacial score (nSPS) is 14.7. The van der Waals surface area contributed by atoms with E-state index in [4.69, 9.17) is 34.2 Å². The van der Waals surface area contributed by atoms with E-state index < -0.39 is 23.8 Å². The molecule has 0 aromatic heterocycles. The molecule has 11 nitrogen and oxygen atoms in total. The van der Waals surface area contributed by atoms with E-state index in [1.807, 2.05) is 41.5 Å². The van der Waals surface area contributed by atoms with Gasteiger partial charge in [0.2, 0.25) is 0 Å². The maximum Gasteiger partial charge on any atom is 0.513 e. The molecule has 0 fully saturated rings. The van der Waals surface area contributed by atoms with Crippen LogP contribution in [-0.2, 0) is 35.0 Å². The van der Waals surface area contributed by atoms with Gasteiger partial charge in [0.05, 0.1) is 32.8 Å². The summed E-state index contributed by atoms with van der Waals surface area (Å²) in [7, 11) is 1.21. The van der Waals surface area contributed by atoms with Crippen LogP contribution in [0.4, 0.5) is 9.59 Å². The molecule has 1 aromatic rings. The Hall–Kier alpha value is -3.34. The highest BCUT2D eigenvalue weighted by Crippen LogP contribution is 2.31. The molecule has 0 saturated carbocycles. The van der Waals surface area contributed by atoms with Crippen LogP contribution < -0.4 is 15.2 Å². The summed E-state index contributed by atoms with van der Waals surface area (Å²) in [4.78, 5) is 49.7. The van der Waals surface area contributed by atoms with Crippen LogP contribution in [0.1, 0.15) is 73.3 Å². The monoisotopic (exact) mass is 581 g/mol. The van der Waals surface area contributed by atoms with E-state index in [1.54, 1.807) is 13.0 Å². The molecule has 0 heterocycles. The first-order valence-corrected chi connectivity index (χ1v) is 14.1. The number of hydrogen-bond acceptors (Lipinski definition) is 11. The SMILES string of the molecule is CCC(C)COC(=O)Oc1ccc(C[C@](N)(CCOC(=O)C(C)C(C)C)C(=O)OC)cc1OC(=O)OCC(C)CC. The summed E-state index contributed by atoms with van der Waals surface area (Å²) in [5.74, 6) is -1.27. The van der Waals surface area contributed by atoms with Gasteiger partial charge in [-0.25, -0.2) is 9.59 Å². The molecule has 0 saturated heterocycles. The van der Waals surface area contributed by atoms with Crippen molar-refractivity contribution in [2.24, 2.45) is 29.4 Å². The van der Waals surface area contributed by atoms with Crippen molar-refractivity contribution in [2.45, 2.75) is 79.7 Å². The first-order valence-electron chi connectivity index (χ1n) is 14.1. The Morgan fingerprint density at radius 3 is 1.85 bits per heavy atom. The summed E-state index contributed by atoms with van der Waals surface area (Å²) in [5.41, 5.74) is 5.35. The van der Waals surface area contributed by atoms with Gasteiger partial charge in [0.1, 0.15) is 5.54 Å². The molecule has 1 rings (SSSR count). The molecular weight excluding hydrogens is 534 g/mol. The Morgan fingerprint density at radius 1 is 0.829 bits per heavy atom. The van der Waals surface area contributed by atoms with E-state index in [0.717, 1.165) is 12.8 Å². The van der Waals surface area contributed by atoms with Crippen molar-refractivity contribution >= 4 is 24.2 Å². The topological polar surface area (TPSA) is 150 Å². The van der Waals surface area contributed by atoms with Crippen molar-refractivity contribution in [1.82, 2.24) is 0 Å². The van der Waals surface area contributed by atoms with Crippen molar-refractivity contribution in [3.8, 4) is 11.5 Å². The average molecular weight is 582 g/mol. The van der Waals surface area contributed by atoms with Gasteiger partial charge in [0.25, 0.3) is 0 Å². The van der Waals surface area contributed by atoms with Gasteiger partial charge in [0.15, 0.2) is 11.5 Å². The van der Waals surface area contributed by atoms with E-state index >= 15 is 0 Å². The summed E-state index contributed by atoms with van der Waals surface area (Å²) in [6.45, 7) is 13.6. The van der Waals surface area contributed by atoms with Gasteiger partial charge in [-0.15, -0.1) is 0 Å². The predicted molar refractivity (Wildman–Crippen MR) is 152 cm³/mol. The highest BCUT2D eigenvalue weighted by atomic mass is 16.7. The third kappa shape index (κ3) is 12.4. The van der Waals surface area contributed by atoms with E-state index in [1.165, 1.54) is 19.2 Å². The van der Waals surface area contributed by atoms with Crippen molar-refractivity contribution < 1.29 is 47.6 Å². The number of rotatable bonds is 16. The lowest BCUT2D eigenvalue weighted by Crippen LogP contribution is -2.51. The average Bonchev–Trinajstić information content (AvgIpc) is 2.94. The molecule has 0 aliphatic rings. The third-order valence-corrected chi connectivity index (χ3v) is 7.04. The molecule has 1 aromatic carbocycles. The molecule has 232 valence electrons. The van der Waals surface area contributed by atoms with E-state index in [-0.39, 0.29) is 73.8 Å². The van der Waals surface area contributed by atoms with Crippen LogP contribution in [-0.4, -0.2) is 56.7 Å².